The minimum atomic E-state index is -0.103. The molecule has 0 saturated carbocycles. The van der Waals surface area contributed by atoms with Crippen molar-refractivity contribution in [3.05, 3.63) is 64.9 Å². The van der Waals surface area contributed by atoms with Crippen LogP contribution in [0.2, 0.25) is 0 Å². The first-order valence-corrected chi connectivity index (χ1v) is 9.73. The highest BCUT2D eigenvalue weighted by Crippen LogP contribution is 2.30. The van der Waals surface area contributed by atoms with E-state index in [1.54, 1.807) is 47.9 Å². The summed E-state index contributed by atoms with van der Waals surface area (Å²) in [5.41, 5.74) is 3.27. The highest BCUT2D eigenvalue weighted by molar-refractivity contribution is 5.59. The van der Waals surface area contributed by atoms with Crippen molar-refractivity contribution in [1.82, 2.24) is 29.8 Å². The summed E-state index contributed by atoms with van der Waals surface area (Å²) in [7, 11) is 0. The predicted octanol–water partition coefficient (Wildman–Crippen LogP) is 2.71. The first kappa shape index (κ1) is 17.1. The number of hydrogen-bond donors (Lipinski definition) is 2. The molecule has 2 fully saturated rings. The second kappa shape index (κ2) is 7.16. The standard InChI is InChI=1S/C21H22N6O/c28-20-9-21(27-5-4-22-13-27)25-11-18(20)19-12-23-17(10-24-19)8-14-6-15-2-1-3-16(7-14)26-15/h4-5,8-13,15-16,26H,1-3,6-7H2,(H,25,28)/t15-,16+. The van der Waals surface area contributed by atoms with Gasteiger partial charge in [0, 0.05) is 36.7 Å². The van der Waals surface area contributed by atoms with Crippen LogP contribution < -0.4 is 10.7 Å². The maximum Gasteiger partial charge on any atom is 0.193 e. The lowest BCUT2D eigenvalue weighted by Gasteiger charge is -2.37. The number of pyridine rings is 1. The highest BCUT2D eigenvalue weighted by atomic mass is 16.1. The molecule has 0 amide bonds. The monoisotopic (exact) mass is 374 g/mol. The van der Waals surface area contributed by atoms with Crippen LogP contribution in [0.3, 0.4) is 0 Å². The van der Waals surface area contributed by atoms with Crippen LogP contribution in [0.5, 0.6) is 0 Å². The van der Waals surface area contributed by atoms with Crippen LogP contribution in [-0.2, 0) is 0 Å². The smallest absolute Gasteiger partial charge is 0.193 e. The largest absolute Gasteiger partial charge is 0.347 e. The number of imidazole rings is 1. The zero-order valence-corrected chi connectivity index (χ0v) is 15.5. The van der Waals surface area contributed by atoms with Crippen molar-refractivity contribution in [2.24, 2.45) is 0 Å². The Labute approximate surface area is 162 Å². The molecule has 2 aliphatic heterocycles. The Bertz CT molecular complexity index is 1040. The van der Waals surface area contributed by atoms with Crippen LogP contribution in [0.1, 0.15) is 37.8 Å². The van der Waals surface area contributed by atoms with Crippen molar-refractivity contribution in [2.45, 2.75) is 44.2 Å². The van der Waals surface area contributed by atoms with Crippen LogP contribution in [0.15, 0.2) is 53.7 Å². The van der Waals surface area contributed by atoms with E-state index < -0.39 is 0 Å². The summed E-state index contributed by atoms with van der Waals surface area (Å²) in [6, 6.07) is 2.76. The molecule has 0 spiro atoms. The zero-order chi connectivity index (χ0) is 18.9. The fourth-order valence-electron chi connectivity index (χ4n) is 4.24. The van der Waals surface area contributed by atoms with Crippen molar-refractivity contribution < 1.29 is 0 Å². The molecule has 0 aliphatic carbocycles. The highest BCUT2D eigenvalue weighted by Gasteiger charge is 2.27. The number of fused-ring (bicyclic) bond motifs is 2. The van der Waals surface area contributed by atoms with Crippen molar-refractivity contribution in [3.8, 4) is 17.1 Å². The minimum Gasteiger partial charge on any atom is -0.347 e. The average Bonchev–Trinajstić information content (AvgIpc) is 3.23. The molecule has 0 aromatic carbocycles. The number of piperidine rings is 2. The Morgan fingerprint density at radius 3 is 2.68 bits per heavy atom. The molecule has 3 aromatic rings. The summed E-state index contributed by atoms with van der Waals surface area (Å²) in [5.74, 6) is 0.664. The maximum absolute atomic E-state index is 12.5. The quantitative estimate of drug-likeness (QED) is 0.736. The first-order valence-electron chi connectivity index (χ1n) is 9.73. The lowest BCUT2D eigenvalue weighted by atomic mass is 9.83. The number of nitrogens with one attached hydrogen (secondary N) is 2. The SMILES string of the molecule is O=c1cc(-n2ccnc2)[nH]cc1-c1cnc(C=C2C[C@H]3CCC[C@@H](C2)N3)cn1. The topological polar surface area (TPSA) is 88.5 Å². The molecule has 142 valence electrons. The number of aromatic nitrogens is 5. The van der Waals surface area contributed by atoms with E-state index in [0.29, 0.717) is 29.2 Å². The van der Waals surface area contributed by atoms with Gasteiger partial charge in [-0.3, -0.25) is 19.3 Å². The van der Waals surface area contributed by atoms with Crippen molar-refractivity contribution in [2.75, 3.05) is 0 Å². The molecule has 7 nitrogen and oxygen atoms in total. The van der Waals surface area contributed by atoms with Crippen LogP contribution >= 0.6 is 0 Å². The molecule has 0 unspecified atom stereocenters. The van der Waals surface area contributed by atoms with Crippen molar-refractivity contribution >= 4 is 6.08 Å². The van der Waals surface area contributed by atoms with E-state index in [9.17, 15) is 4.79 Å². The fourth-order valence-corrected chi connectivity index (χ4v) is 4.24. The molecule has 0 radical (unpaired) electrons. The van der Waals surface area contributed by atoms with Gasteiger partial charge in [-0.15, -0.1) is 0 Å². The summed E-state index contributed by atoms with van der Waals surface area (Å²) in [6.45, 7) is 0. The van der Waals surface area contributed by atoms with Gasteiger partial charge in [0.25, 0.3) is 0 Å². The first-order chi connectivity index (χ1) is 13.7. The van der Waals surface area contributed by atoms with Crippen molar-refractivity contribution in [3.63, 3.8) is 0 Å². The third-order valence-electron chi connectivity index (χ3n) is 5.57. The van der Waals surface area contributed by atoms with E-state index in [0.717, 1.165) is 18.5 Å². The summed E-state index contributed by atoms with van der Waals surface area (Å²) in [6.07, 6.45) is 18.4. The second-order valence-corrected chi connectivity index (χ2v) is 7.59. The Hall–Kier alpha value is -3.06. The lowest BCUT2D eigenvalue weighted by Crippen LogP contribution is -2.46. The molecular formula is C21H22N6O. The molecule has 2 N–H and O–H groups in total. The molecule has 5 heterocycles. The number of aromatic amines is 1. The van der Waals surface area contributed by atoms with Gasteiger partial charge in [0.2, 0.25) is 0 Å². The van der Waals surface area contributed by atoms with Gasteiger partial charge in [0.1, 0.15) is 12.1 Å². The average molecular weight is 374 g/mol. The number of hydrogen-bond acceptors (Lipinski definition) is 5. The maximum atomic E-state index is 12.5. The third kappa shape index (κ3) is 3.41. The van der Waals surface area contributed by atoms with Crippen LogP contribution in [0, 0.1) is 0 Å². The van der Waals surface area contributed by atoms with Crippen LogP contribution in [-0.4, -0.2) is 36.6 Å². The Kier molecular flexibility index (Phi) is 4.37. The molecule has 7 heteroatoms. The van der Waals surface area contributed by atoms with Gasteiger partial charge in [-0.25, -0.2) is 4.98 Å². The third-order valence-corrected chi connectivity index (χ3v) is 5.57. The van der Waals surface area contributed by atoms with Gasteiger partial charge >= 0.3 is 0 Å². The summed E-state index contributed by atoms with van der Waals surface area (Å²) in [5, 5.41) is 3.70. The predicted molar refractivity (Wildman–Crippen MR) is 107 cm³/mol. The van der Waals surface area contributed by atoms with Gasteiger partial charge < -0.3 is 10.3 Å². The van der Waals surface area contributed by atoms with Crippen LogP contribution in [0.4, 0.5) is 0 Å². The Balaban J connectivity index is 1.37. The van der Waals surface area contributed by atoms with Gasteiger partial charge in [-0.2, -0.15) is 0 Å². The molecule has 28 heavy (non-hydrogen) atoms. The van der Waals surface area contributed by atoms with Gasteiger partial charge in [0.05, 0.1) is 29.3 Å². The molecule has 2 bridgehead atoms. The fraction of sp³-hybridized carbons (Fsp3) is 0.333. The molecule has 5 rings (SSSR count). The number of nitrogens with zero attached hydrogens (tertiary/aromatic N) is 4. The second-order valence-electron chi connectivity index (χ2n) is 7.59. The number of rotatable bonds is 3. The molecule has 2 saturated heterocycles. The van der Waals surface area contributed by atoms with Gasteiger partial charge in [-0.1, -0.05) is 12.0 Å². The van der Waals surface area contributed by atoms with Gasteiger partial charge in [-0.05, 0) is 31.8 Å². The lowest BCUT2D eigenvalue weighted by molar-refractivity contribution is 0.283. The summed E-state index contributed by atoms with van der Waals surface area (Å²) >= 11 is 0. The van der Waals surface area contributed by atoms with E-state index >= 15 is 0 Å². The number of H-pyrrole nitrogens is 1. The van der Waals surface area contributed by atoms with Crippen LogP contribution in [0.25, 0.3) is 23.2 Å². The minimum absolute atomic E-state index is 0.103. The van der Waals surface area contributed by atoms with E-state index in [1.807, 2.05) is 0 Å². The molecule has 2 atom stereocenters. The summed E-state index contributed by atoms with van der Waals surface area (Å²) in [4.78, 5) is 28.6. The van der Waals surface area contributed by atoms with E-state index in [2.05, 4.69) is 31.3 Å². The van der Waals surface area contributed by atoms with E-state index in [1.165, 1.54) is 24.8 Å². The van der Waals surface area contributed by atoms with Gasteiger partial charge in [0.15, 0.2) is 5.43 Å². The van der Waals surface area contributed by atoms with E-state index in [4.69, 9.17) is 0 Å². The van der Waals surface area contributed by atoms with Crippen molar-refractivity contribution in [1.29, 1.82) is 0 Å². The zero-order valence-electron chi connectivity index (χ0n) is 15.5. The summed E-state index contributed by atoms with van der Waals surface area (Å²) < 4.78 is 1.75. The van der Waals surface area contributed by atoms with E-state index in [-0.39, 0.29) is 5.43 Å². The Morgan fingerprint density at radius 1 is 1.14 bits per heavy atom. The normalized spacial score (nSPS) is 23.1. The molecule has 3 aromatic heterocycles. The molecular weight excluding hydrogens is 352 g/mol. The Morgan fingerprint density at radius 2 is 2.00 bits per heavy atom. The molecule has 2 aliphatic rings.